The molecule has 0 aliphatic rings. The molecule has 0 heterocycles. The molecule has 0 unspecified atom stereocenters. The molecule has 0 aliphatic heterocycles. The number of hydrogen-bond donors (Lipinski definition) is 1. The molecule has 2 aromatic rings. The summed E-state index contributed by atoms with van der Waals surface area (Å²) in [6, 6.07) is 11.4. The Bertz CT molecular complexity index is 764. The van der Waals surface area contributed by atoms with Gasteiger partial charge in [0.15, 0.2) is 6.10 Å². The molecule has 1 N–H and O–H groups in total. The number of para-hydroxylation sites is 1. The fraction of sp³-hybridized carbons (Fsp3) is 0.176. The molecule has 1 amide bonds. The van der Waals surface area contributed by atoms with E-state index in [2.05, 4.69) is 10.1 Å². The molecule has 7 heteroatoms. The minimum Gasteiger partial charge on any atom is -0.479 e. The van der Waals surface area contributed by atoms with Crippen molar-refractivity contribution in [3.05, 3.63) is 58.1 Å². The highest BCUT2D eigenvalue weighted by Gasteiger charge is 2.18. The van der Waals surface area contributed by atoms with E-state index in [-0.39, 0.29) is 10.6 Å². The monoisotopic (exact) mass is 367 g/mol. The molecule has 0 aliphatic carbocycles. The molecular weight excluding hydrogens is 353 g/mol. The predicted molar refractivity (Wildman–Crippen MR) is 93.0 cm³/mol. The topological polar surface area (TPSA) is 64.6 Å². The normalized spacial score (nSPS) is 11.5. The van der Waals surface area contributed by atoms with Crippen molar-refractivity contribution in [1.82, 2.24) is 0 Å². The molecule has 126 valence electrons. The molecule has 2 aromatic carbocycles. The molecule has 0 radical (unpaired) electrons. The summed E-state index contributed by atoms with van der Waals surface area (Å²) >= 11 is 11.9. The van der Waals surface area contributed by atoms with Crippen LogP contribution >= 0.6 is 23.2 Å². The maximum absolute atomic E-state index is 12.2. The second kappa shape index (κ2) is 8.04. The van der Waals surface area contributed by atoms with Crippen molar-refractivity contribution < 1.29 is 19.1 Å². The molecule has 0 fully saturated rings. The zero-order valence-electron chi connectivity index (χ0n) is 13.0. The summed E-state index contributed by atoms with van der Waals surface area (Å²) in [7, 11) is 1.25. The SMILES string of the molecule is COC(=O)c1cc(NC(=O)[C@H](C)Oc2ccccc2Cl)ccc1Cl. The Morgan fingerprint density at radius 1 is 1.08 bits per heavy atom. The van der Waals surface area contributed by atoms with Crippen LogP contribution in [-0.4, -0.2) is 25.1 Å². The summed E-state index contributed by atoms with van der Waals surface area (Å²) in [6.45, 7) is 1.59. The van der Waals surface area contributed by atoms with E-state index in [1.54, 1.807) is 37.3 Å². The summed E-state index contributed by atoms with van der Waals surface area (Å²) < 4.78 is 10.2. The van der Waals surface area contributed by atoms with Crippen molar-refractivity contribution in [3.8, 4) is 5.75 Å². The Hall–Kier alpha value is -2.24. The zero-order valence-corrected chi connectivity index (χ0v) is 14.5. The first kappa shape index (κ1) is 18.1. The zero-order chi connectivity index (χ0) is 17.7. The highest BCUT2D eigenvalue weighted by molar-refractivity contribution is 6.33. The number of rotatable bonds is 5. The van der Waals surface area contributed by atoms with Crippen molar-refractivity contribution in [2.75, 3.05) is 12.4 Å². The first-order chi connectivity index (χ1) is 11.4. The van der Waals surface area contributed by atoms with Crippen LogP contribution in [0.25, 0.3) is 0 Å². The van der Waals surface area contributed by atoms with Crippen molar-refractivity contribution >= 4 is 40.8 Å². The van der Waals surface area contributed by atoms with Gasteiger partial charge in [-0.05, 0) is 37.3 Å². The number of halogens is 2. The number of carbonyl (C=O) groups is 2. The van der Waals surface area contributed by atoms with Crippen LogP contribution in [0.1, 0.15) is 17.3 Å². The number of carbonyl (C=O) groups excluding carboxylic acids is 2. The van der Waals surface area contributed by atoms with E-state index in [0.717, 1.165) is 0 Å². The van der Waals surface area contributed by atoms with E-state index in [4.69, 9.17) is 27.9 Å². The molecule has 0 spiro atoms. The Morgan fingerprint density at radius 2 is 1.79 bits per heavy atom. The molecular formula is C17H15Cl2NO4. The van der Waals surface area contributed by atoms with Gasteiger partial charge in [-0.1, -0.05) is 35.3 Å². The quantitative estimate of drug-likeness (QED) is 0.804. The van der Waals surface area contributed by atoms with E-state index in [1.165, 1.54) is 19.2 Å². The minimum atomic E-state index is -0.790. The Balaban J connectivity index is 2.09. The van der Waals surface area contributed by atoms with Crippen LogP contribution in [-0.2, 0) is 9.53 Å². The summed E-state index contributed by atoms with van der Waals surface area (Å²) in [5.74, 6) is -0.572. The van der Waals surface area contributed by atoms with Crippen molar-refractivity contribution in [2.24, 2.45) is 0 Å². The van der Waals surface area contributed by atoms with Gasteiger partial charge in [0.2, 0.25) is 0 Å². The third-order valence-electron chi connectivity index (χ3n) is 3.15. The van der Waals surface area contributed by atoms with E-state index < -0.39 is 18.0 Å². The first-order valence-electron chi connectivity index (χ1n) is 7.02. The van der Waals surface area contributed by atoms with Gasteiger partial charge in [-0.2, -0.15) is 0 Å². The molecule has 24 heavy (non-hydrogen) atoms. The first-order valence-corrected chi connectivity index (χ1v) is 7.78. The second-order valence-electron chi connectivity index (χ2n) is 4.87. The summed E-state index contributed by atoms with van der Waals surface area (Å²) in [4.78, 5) is 23.9. The Morgan fingerprint density at radius 3 is 2.46 bits per heavy atom. The van der Waals surface area contributed by atoms with Crippen LogP contribution in [0.3, 0.4) is 0 Å². The second-order valence-corrected chi connectivity index (χ2v) is 5.68. The van der Waals surface area contributed by atoms with Crippen LogP contribution in [0.4, 0.5) is 5.69 Å². The summed E-state index contributed by atoms with van der Waals surface area (Å²) in [5, 5.41) is 3.30. The lowest BCUT2D eigenvalue weighted by Gasteiger charge is -2.16. The Kier molecular flexibility index (Phi) is 6.06. The van der Waals surface area contributed by atoms with Gasteiger partial charge in [-0.25, -0.2) is 4.79 Å². The van der Waals surface area contributed by atoms with E-state index >= 15 is 0 Å². The van der Waals surface area contributed by atoms with Crippen LogP contribution in [0.5, 0.6) is 5.75 Å². The summed E-state index contributed by atoms with van der Waals surface area (Å²) in [6.07, 6.45) is -0.790. The number of nitrogens with one attached hydrogen (secondary N) is 1. The lowest BCUT2D eigenvalue weighted by Crippen LogP contribution is -2.30. The van der Waals surface area contributed by atoms with E-state index in [0.29, 0.717) is 16.5 Å². The lowest BCUT2D eigenvalue weighted by atomic mass is 10.2. The number of benzene rings is 2. The highest BCUT2D eigenvalue weighted by Crippen LogP contribution is 2.25. The number of methoxy groups -OCH3 is 1. The molecule has 2 rings (SSSR count). The predicted octanol–water partition coefficient (Wildman–Crippen LogP) is 4.19. The smallest absolute Gasteiger partial charge is 0.339 e. The van der Waals surface area contributed by atoms with Crippen molar-refractivity contribution in [1.29, 1.82) is 0 Å². The average Bonchev–Trinajstić information content (AvgIpc) is 2.57. The fourth-order valence-corrected chi connectivity index (χ4v) is 2.27. The van der Waals surface area contributed by atoms with Crippen LogP contribution in [0.2, 0.25) is 10.0 Å². The van der Waals surface area contributed by atoms with Crippen LogP contribution < -0.4 is 10.1 Å². The number of hydrogen-bond acceptors (Lipinski definition) is 4. The number of esters is 1. The van der Waals surface area contributed by atoms with Gasteiger partial charge in [0.1, 0.15) is 5.75 Å². The van der Waals surface area contributed by atoms with Crippen LogP contribution in [0, 0.1) is 0 Å². The number of amides is 1. The van der Waals surface area contributed by atoms with E-state index in [9.17, 15) is 9.59 Å². The number of anilines is 1. The molecule has 0 saturated heterocycles. The fourth-order valence-electron chi connectivity index (χ4n) is 1.90. The molecule has 1 atom stereocenters. The van der Waals surface area contributed by atoms with Crippen molar-refractivity contribution in [3.63, 3.8) is 0 Å². The van der Waals surface area contributed by atoms with Gasteiger partial charge < -0.3 is 14.8 Å². The maximum Gasteiger partial charge on any atom is 0.339 e. The minimum absolute atomic E-state index is 0.164. The van der Waals surface area contributed by atoms with Crippen molar-refractivity contribution in [2.45, 2.75) is 13.0 Å². The van der Waals surface area contributed by atoms with Crippen LogP contribution in [0.15, 0.2) is 42.5 Å². The summed E-state index contributed by atoms with van der Waals surface area (Å²) in [5.41, 5.74) is 0.566. The van der Waals surface area contributed by atoms with Gasteiger partial charge in [0, 0.05) is 5.69 Å². The largest absolute Gasteiger partial charge is 0.479 e. The van der Waals surface area contributed by atoms with Gasteiger partial charge >= 0.3 is 5.97 Å². The molecule has 0 aromatic heterocycles. The third kappa shape index (κ3) is 4.40. The highest BCUT2D eigenvalue weighted by atomic mass is 35.5. The van der Waals surface area contributed by atoms with Gasteiger partial charge in [-0.3, -0.25) is 4.79 Å². The van der Waals surface area contributed by atoms with Gasteiger partial charge in [0.25, 0.3) is 5.91 Å². The van der Waals surface area contributed by atoms with E-state index in [1.807, 2.05) is 0 Å². The number of ether oxygens (including phenoxy) is 2. The Labute approximate surface area is 149 Å². The molecule has 0 saturated carbocycles. The standard InChI is InChI=1S/C17H15Cl2NO4/c1-10(24-15-6-4-3-5-14(15)19)16(21)20-11-7-8-13(18)12(9-11)17(22)23-2/h3-10H,1-2H3,(H,20,21)/t10-/m0/s1. The van der Waals surface area contributed by atoms with Gasteiger partial charge in [0.05, 0.1) is 22.7 Å². The van der Waals surface area contributed by atoms with Gasteiger partial charge in [-0.15, -0.1) is 0 Å². The molecule has 5 nitrogen and oxygen atoms in total. The molecule has 0 bridgehead atoms. The third-order valence-corrected chi connectivity index (χ3v) is 3.79. The lowest BCUT2D eigenvalue weighted by molar-refractivity contribution is -0.122. The average molecular weight is 368 g/mol. The maximum atomic E-state index is 12.2.